The van der Waals surface area contributed by atoms with Crippen LogP contribution in [0.3, 0.4) is 0 Å². The lowest BCUT2D eigenvalue weighted by Gasteiger charge is -2.34. The Morgan fingerprint density at radius 3 is 2.00 bits per heavy atom. The van der Waals surface area contributed by atoms with Crippen molar-refractivity contribution in [1.82, 2.24) is 4.90 Å². The molecule has 0 aromatic heterocycles. The van der Waals surface area contributed by atoms with Gasteiger partial charge in [0, 0.05) is 30.4 Å². The number of likely N-dealkylation sites (tertiary alicyclic amines) is 1. The van der Waals surface area contributed by atoms with E-state index >= 15 is 0 Å². The summed E-state index contributed by atoms with van der Waals surface area (Å²) in [5, 5.41) is 0. The molecule has 1 saturated heterocycles. The monoisotopic (exact) mass is 285 g/mol. The van der Waals surface area contributed by atoms with Gasteiger partial charge in [0.25, 0.3) is 0 Å². The van der Waals surface area contributed by atoms with E-state index in [1.807, 2.05) is 0 Å². The Bertz CT molecular complexity index is 328. The van der Waals surface area contributed by atoms with E-state index in [0.29, 0.717) is 23.8 Å². The Hall–Kier alpha value is -0.240. The van der Waals surface area contributed by atoms with Crippen molar-refractivity contribution in [2.75, 3.05) is 11.8 Å². The Morgan fingerprint density at radius 1 is 0.944 bits per heavy atom. The Balaban J connectivity index is 2.12. The van der Waals surface area contributed by atoms with Crippen LogP contribution in [-0.2, 0) is 6.54 Å². The van der Waals surface area contributed by atoms with Crippen molar-refractivity contribution in [3.05, 3.63) is 35.9 Å². The summed E-state index contributed by atoms with van der Waals surface area (Å²) < 4.78 is 0. The van der Waals surface area contributed by atoms with Crippen molar-refractivity contribution >= 4 is 23.2 Å². The van der Waals surface area contributed by atoms with E-state index in [4.69, 9.17) is 23.2 Å². The fourth-order valence-electron chi connectivity index (χ4n) is 2.77. The van der Waals surface area contributed by atoms with Crippen molar-refractivity contribution in [2.24, 2.45) is 0 Å². The van der Waals surface area contributed by atoms with Gasteiger partial charge in [0.1, 0.15) is 0 Å². The normalized spacial score (nSPS) is 25.9. The summed E-state index contributed by atoms with van der Waals surface area (Å²) in [6.45, 7) is 0.968. The minimum absolute atomic E-state index is 0.470. The van der Waals surface area contributed by atoms with Crippen LogP contribution in [-0.4, -0.2) is 28.7 Å². The van der Waals surface area contributed by atoms with Gasteiger partial charge in [0.2, 0.25) is 0 Å². The third kappa shape index (κ3) is 3.63. The number of rotatable bonds is 4. The van der Waals surface area contributed by atoms with Gasteiger partial charge in [0.05, 0.1) is 0 Å². The SMILES string of the molecule is ClCC1CCCCC(CCl)N1Cc1ccccc1. The molecule has 1 heterocycles. The summed E-state index contributed by atoms with van der Waals surface area (Å²) in [6.07, 6.45) is 4.94. The predicted octanol–water partition coefficient (Wildman–Crippen LogP) is 4.28. The van der Waals surface area contributed by atoms with E-state index in [-0.39, 0.29) is 0 Å². The van der Waals surface area contributed by atoms with Crippen molar-refractivity contribution < 1.29 is 0 Å². The lowest BCUT2D eigenvalue weighted by molar-refractivity contribution is 0.151. The summed E-state index contributed by atoms with van der Waals surface area (Å²) in [4.78, 5) is 2.52. The maximum absolute atomic E-state index is 6.15. The molecule has 18 heavy (non-hydrogen) atoms. The van der Waals surface area contributed by atoms with Crippen molar-refractivity contribution in [3.63, 3.8) is 0 Å². The molecule has 2 rings (SSSR count). The van der Waals surface area contributed by atoms with Crippen molar-refractivity contribution in [3.8, 4) is 0 Å². The van der Waals surface area contributed by atoms with E-state index in [2.05, 4.69) is 35.2 Å². The molecule has 0 aliphatic carbocycles. The Labute approximate surface area is 120 Å². The molecule has 1 aromatic carbocycles. The standard InChI is InChI=1S/C15H21Cl2N/c16-10-14-8-4-5-9-15(11-17)18(14)12-13-6-2-1-3-7-13/h1-3,6-7,14-15H,4-5,8-12H2. The van der Waals surface area contributed by atoms with E-state index in [0.717, 1.165) is 6.54 Å². The maximum atomic E-state index is 6.15. The zero-order valence-electron chi connectivity index (χ0n) is 10.7. The topological polar surface area (TPSA) is 3.24 Å². The highest BCUT2D eigenvalue weighted by Crippen LogP contribution is 2.25. The number of alkyl halides is 2. The molecule has 1 nitrogen and oxygen atoms in total. The number of hydrogen-bond donors (Lipinski definition) is 0. The summed E-state index contributed by atoms with van der Waals surface area (Å²) >= 11 is 12.3. The molecular formula is C15H21Cl2N. The van der Waals surface area contributed by atoms with Crippen LogP contribution in [0.2, 0.25) is 0 Å². The van der Waals surface area contributed by atoms with Gasteiger partial charge in [-0.25, -0.2) is 0 Å². The van der Waals surface area contributed by atoms with Crippen LogP contribution < -0.4 is 0 Å². The summed E-state index contributed by atoms with van der Waals surface area (Å²) in [5.41, 5.74) is 1.35. The van der Waals surface area contributed by atoms with Gasteiger partial charge in [-0.2, -0.15) is 0 Å². The van der Waals surface area contributed by atoms with Gasteiger partial charge in [-0.15, -0.1) is 23.2 Å². The van der Waals surface area contributed by atoms with Crippen molar-refractivity contribution in [1.29, 1.82) is 0 Å². The van der Waals surface area contributed by atoms with E-state index in [1.165, 1.54) is 31.2 Å². The zero-order valence-corrected chi connectivity index (χ0v) is 12.2. The summed E-state index contributed by atoms with van der Waals surface area (Å²) in [6, 6.07) is 11.6. The molecule has 2 unspecified atom stereocenters. The quantitative estimate of drug-likeness (QED) is 0.747. The van der Waals surface area contributed by atoms with E-state index < -0.39 is 0 Å². The molecule has 1 fully saturated rings. The highest BCUT2D eigenvalue weighted by Gasteiger charge is 2.27. The molecule has 1 aromatic rings. The smallest absolute Gasteiger partial charge is 0.0379 e. The molecule has 100 valence electrons. The molecule has 0 amide bonds. The van der Waals surface area contributed by atoms with E-state index in [9.17, 15) is 0 Å². The van der Waals surface area contributed by atoms with Crippen LogP contribution in [0, 0.1) is 0 Å². The zero-order chi connectivity index (χ0) is 12.8. The second kappa shape index (κ2) is 7.37. The van der Waals surface area contributed by atoms with Crippen LogP contribution in [0.15, 0.2) is 30.3 Å². The van der Waals surface area contributed by atoms with Gasteiger partial charge in [0.15, 0.2) is 0 Å². The van der Waals surface area contributed by atoms with Crippen LogP contribution in [0.5, 0.6) is 0 Å². The average molecular weight is 286 g/mol. The molecule has 0 N–H and O–H groups in total. The molecule has 1 aliphatic heterocycles. The third-order valence-corrected chi connectivity index (χ3v) is 4.54. The van der Waals surface area contributed by atoms with Crippen LogP contribution in [0.1, 0.15) is 31.2 Å². The maximum Gasteiger partial charge on any atom is 0.0379 e. The van der Waals surface area contributed by atoms with Crippen molar-refractivity contribution in [2.45, 2.75) is 44.3 Å². The van der Waals surface area contributed by atoms with Gasteiger partial charge < -0.3 is 0 Å². The Morgan fingerprint density at radius 2 is 1.50 bits per heavy atom. The first-order chi connectivity index (χ1) is 8.85. The largest absolute Gasteiger partial charge is 0.291 e. The fourth-order valence-corrected chi connectivity index (χ4v) is 3.44. The van der Waals surface area contributed by atoms with E-state index in [1.54, 1.807) is 0 Å². The molecule has 0 spiro atoms. The fraction of sp³-hybridized carbons (Fsp3) is 0.600. The molecular weight excluding hydrogens is 265 g/mol. The van der Waals surface area contributed by atoms with Gasteiger partial charge >= 0.3 is 0 Å². The van der Waals surface area contributed by atoms with Gasteiger partial charge in [-0.3, -0.25) is 4.90 Å². The first-order valence-corrected chi connectivity index (χ1v) is 7.83. The Kier molecular flexibility index (Phi) is 5.81. The molecule has 0 bridgehead atoms. The highest BCUT2D eigenvalue weighted by molar-refractivity contribution is 6.18. The third-order valence-electron chi connectivity index (χ3n) is 3.83. The minimum Gasteiger partial charge on any atom is -0.291 e. The van der Waals surface area contributed by atoms with Gasteiger partial charge in [-0.05, 0) is 18.4 Å². The molecule has 0 saturated carbocycles. The first-order valence-electron chi connectivity index (χ1n) is 6.76. The molecule has 0 radical (unpaired) electrons. The predicted molar refractivity (Wildman–Crippen MR) is 79.5 cm³/mol. The number of nitrogens with zero attached hydrogens (tertiary/aromatic N) is 1. The second-order valence-corrected chi connectivity index (χ2v) is 5.68. The average Bonchev–Trinajstić information content (AvgIpc) is 2.62. The number of benzene rings is 1. The first kappa shape index (κ1) is 14.2. The summed E-state index contributed by atoms with van der Waals surface area (Å²) in [5.74, 6) is 1.42. The van der Waals surface area contributed by atoms with Gasteiger partial charge in [-0.1, -0.05) is 43.2 Å². The molecule has 2 atom stereocenters. The van der Waals surface area contributed by atoms with Crippen LogP contribution in [0.4, 0.5) is 0 Å². The number of hydrogen-bond acceptors (Lipinski definition) is 1. The summed E-state index contributed by atoms with van der Waals surface area (Å²) in [7, 11) is 0. The van der Waals surface area contributed by atoms with Crippen LogP contribution in [0.25, 0.3) is 0 Å². The molecule has 1 aliphatic rings. The minimum atomic E-state index is 0.470. The lowest BCUT2D eigenvalue weighted by Crippen LogP contribution is -2.43. The second-order valence-electron chi connectivity index (χ2n) is 5.06. The molecule has 3 heteroatoms. The highest BCUT2D eigenvalue weighted by atomic mass is 35.5. The van der Waals surface area contributed by atoms with Crippen LogP contribution >= 0.6 is 23.2 Å². The number of halogens is 2. The lowest BCUT2D eigenvalue weighted by atomic mass is 10.1.